The molecule has 0 unspecified atom stereocenters. The number of hydrogen-bond acceptors (Lipinski definition) is 6. The maximum atomic E-state index is 12.9. The molecule has 1 aliphatic heterocycles. The summed E-state index contributed by atoms with van der Waals surface area (Å²) in [4.78, 5) is 25.5. The first-order valence-electron chi connectivity index (χ1n) is 10.3. The Morgan fingerprint density at radius 3 is 2.60 bits per heavy atom. The quantitative estimate of drug-likeness (QED) is 0.291. The SMILES string of the molecule is C=CCOC(=O)C1=C(C)NC(SCC(=O)Nc2ccc(Cl)c(Cl)c2)=C(C#N)[C@@H]1c1ccccc1Cl. The van der Waals surface area contributed by atoms with Crippen molar-refractivity contribution in [3.8, 4) is 6.07 Å². The van der Waals surface area contributed by atoms with Gasteiger partial charge in [0.25, 0.3) is 0 Å². The van der Waals surface area contributed by atoms with Crippen LogP contribution in [0.25, 0.3) is 0 Å². The molecule has 1 heterocycles. The Bertz CT molecular complexity index is 1280. The normalized spacial score (nSPS) is 15.2. The maximum Gasteiger partial charge on any atom is 0.337 e. The number of allylic oxidation sites excluding steroid dienone is 2. The van der Waals surface area contributed by atoms with Gasteiger partial charge in [-0.1, -0.05) is 77.4 Å². The smallest absolute Gasteiger partial charge is 0.337 e. The third-order valence-corrected chi connectivity index (χ3v) is 7.07. The van der Waals surface area contributed by atoms with E-state index in [1.54, 1.807) is 49.4 Å². The summed E-state index contributed by atoms with van der Waals surface area (Å²) in [6, 6.07) is 13.9. The standard InChI is InChI=1S/C25H20Cl3N3O3S/c1-3-10-34-25(33)22-14(2)30-24(17(12-29)23(22)16-6-4-5-7-18(16)26)35-13-21(32)31-15-8-9-19(27)20(28)11-15/h3-9,11,23,30H,1,10,13H2,2H3,(H,31,32)/t23-/m0/s1. The van der Waals surface area contributed by atoms with E-state index in [0.717, 1.165) is 11.8 Å². The zero-order chi connectivity index (χ0) is 25.5. The van der Waals surface area contributed by atoms with Gasteiger partial charge in [-0.15, -0.1) is 0 Å². The van der Waals surface area contributed by atoms with Crippen molar-refractivity contribution in [3.63, 3.8) is 0 Å². The molecule has 0 aliphatic carbocycles. The zero-order valence-corrected chi connectivity index (χ0v) is 21.6. The highest BCUT2D eigenvalue weighted by Gasteiger charge is 2.36. The van der Waals surface area contributed by atoms with Crippen molar-refractivity contribution < 1.29 is 14.3 Å². The van der Waals surface area contributed by atoms with Gasteiger partial charge in [-0.25, -0.2) is 4.79 Å². The summed E-state index contributed by atoms with van der Waals surface area (Å²) < 4.78 is 5.28. The first-order chi connectivity index (χ1) is 16.8. The number of nitrogens with zero attached hydrogens (tertiary/aromatic N) is 1. The van der Waals surface area contributed by atoms with Crippen LogP contribution in [0.5, 0.6) is 0 Å². The zero-order valence-electron chi connectivity index (χ0n) is 18.5. The van der Waals surface area contributed by atoms with Crippen LogP contribution in [-0.4, -0.2) is 24.2 Å². The Balaban J connectivity index is 1.90. The van der Waals surface area contributed by atoms with E-state index in [2.05, 4.69) is 23.3 Å². The fourth-order valence-electron chi connectivity index (χ4n) is 3.44. The van der Waals surface area contributed by atoms with Crippen LogP contribution >= 0.6 is 46.6 Å². The molecule has 0 fully saturated rings. The summed E-state index contributed by atoms with van der Waals surface area (Å²) in [5, 5.41) is 17.5. The number of carbonyl (C=O) groups is 2. The molecular formula is C25H20Cl3N3O3S. The third-order valence-electron chi connectivity index (χ3n) is 4.97. The molecule has 180 valence electrons. The monoisotopic (exact) mass is 547 g/mol. The first-order valence-corrected chi connectivity index (χ1v) is 12.4. The largest absolute Gasteiger partial charge is 0.458 e. The van der Waals surface area contributed by atoms with Crippen LogP contribution in [0.3, 0.4) is 0 Å². The second-order valence-electron chi connectivity index (χ2n) is 7.33. The number of hydrogen-bond donors (Lipinski definition) is 2. The lowest BCUT2D eigenvalue weighted by Crippen LogP contribution is -2.29. The number of thioether (sulfide) groups is 1. The highest BCUT2D eigenvalue weighted by Crippen LogP contribution is 2.43. The summed E-state index contributed by atoms with van der Waals surface area (Å²) in [6.07, 6.45) is 1.46. The second kappa shape index (κ2) is 12.2. The van der Waals surface area contributed by atoms with Crippen molar-refractivity contribution in [1.29, 1.82) is 5.26 Å². The molecule has 0 saturated carbocycles. The first kappa shape index (κ1) is 26.7. The number of carbonyl (C=O) groups excluding carboxylic acids is 2. The molecule has 2 aromatic carbocycles. The average molecular weight is 549 g/mol. The molecule has 0 aromatic heterocycles. The molecule has 10 heteroatoms. The molecule has 0 bridgehead atoms. The Morgan fingerprint density at radius 1 is 1.20 bits per heavy atom. The van der Waals surface area contributed by atoms with Crippen molar-refractivity contribution in [2.24, 2.45) is 0 Å². The lowest BCUT2D eigenvalue weighted by Gasteiger charge is -2.29. The van der Waals surface area contributed by atoms with Crippen LogP contribution in [-0.2, 0) is 14.3 Å². The molecule has 2 aromatic rings. The molecule has 0 radical (unpaired) electrons. The molecule has 6 nitrogen and oxygen atoms in total. The predicted molar refractivity (Wildman–Crippen MR) is 141 cm³/mol. The highest BCUT2D eigenvalue weighted by molar-refractivity contribution is 8.03. The van der Waals surface area contributed by atoms with Gasteiger partial charge in [-0.05, 0) is 36.8 Å². The van der Waals surface area contributed by atoms with E-state index >= 15 is 0 Å². The van der Waals surface area contributed by atoms with Gasteiger partial charge in [0.2, 0.25) is 5.91 Å². The molecule has 2 N–H and O–H groups in total. The Labute approximate surface area is 222 Å². The molecule has 1 aliphatic rings. The van der Waals surface area contributed by atoms with Gasteiger partial charge in [0.05, 0.1) is 44.0 Å². The molecule has 1 atom stereocenters. The second-order valence-corrected chi connectivity index (χ2v) is 9.53. The van der Waals surface area contributed by atoms with Crippen LogP contribution in [0, 0.1) is 11.3 Å². The number of anilines is 1. The van der Waals surface area contributed by atoms with Crippen molar-refractivity contribution in [2.75, 3.05) is 17.7 Å². The summed E-state index contributed by atoms with van der Waals surface area (Å²) >= 11 is 19.5. The highest BCUT2D eigenvalue weighted by atomic mass is 35.5. The molecule has 3 rings (SSSR count). The van der Waals surface area contributed by atoms with E-state index in [4.69, 9.17) is 39.5 Å². The molecular weight excluding hydrogens is 529 g/mol. The van der Waals surface area contributed by atoms with E-state index in [9.17, 15) is 14.9 Å². The molecule has 35 heavy (non-hydrogen) atoms. The van der Waals surface area contributed by atoms with Crippen LogP contribution in [0.2, 0.25) is 15.1 Å². The van der Waals surface area contributed by atoms with Crippen LogP contribution in [0.4, 0.5) is 5.69 Å². The van der Waals surface area contributed by atoms with Crippen LogP contribution in [0.15, 0.2) is 77.0 Å². The number of nitrogens with one attached hydrogen (secondary N) is 2. The van der Waals surface area contributed by atoms with Crippen LogP contribution < -0.4 is 10.6 Å². The van der Waals surface area contributed by atoms with Gasteiger partial charge in [0, 0.05) is 16.4 Å². The van der Waals surface area contributed by atoms with E-state index < -0.39 is 11.9 Å². The number of esters is 1. The molecule has 0 spiro atoms. The topological polar surface area (TPSA) is 91.2 Å². The number of ether oxygens (including phenoxy) is 1. The van der Waals surface area contributed by atoms with Crippen molar-refractivity contribution >= 4 is 64.1 Å². The number of rotatable bonds is 8. The summed E-state index contributed by atoms with van der Waals surface area (Å²) in [5.41, 5.74) is 2.09. The molecule has 1 amide bonds. The van der Waals surface area contributed by atoms with Crippen LogP contribution in [0.1, 0.15) is 18.4 Å². The minimum atomic E-state index is -0.770. The van der Waals surface area contributed by atoms with Gasteiger partial charge in [-0.2, -0.15) is 5.26 Å². The van der Waals surface area contributed by atoms with Crippen molar-refractivity contribution in [2.45, 2.75) is 12.8 Å². The van der Waals surface area contributed by atoms with E-state index in [1.807, 2.05) is 0 Å². The van der Waals surface area contributed by atoms with Crippen molar-refractivity contribution in [1.82, 2.24) is 5.32 Å². The van der Waals surface area contributed by atoms with E-state index in [1.165, 1.54) is 6.08 Å². The number of halogens is 3. The fourth-order valence-corrected chi connectivity index (χ4v) is 4.87. The summed E-state index contributed by atoms with van der Waals surface area (Å²) in [5.74, 6) is -1.68. The number of amides is 1. The number of nitriles is 1. The van der Waals surface area contributed by atoms with Crippen molar-refractivity contribution in [3.05, 3.63) is 97.6 Å². The molecule has 0 saturated heterocycles. The predicted octanol–water partition coefficient (Wildman–Crippen LogP) is 6.44. The Hall–Kier alpha value is -2.89. The lowest BCUT2D eigenvalue weighted by molar-refractivity contribution is -0.138. The minimum Gasteiger partial charge on any atom is -0.458 e. The van der Waals surface area contributed by atoms with Gasteiger partial charge >= 0.3 is 5.97 Å². The third kappa shape index (κ3) is 6.41. The fraction of sp³-hybridized carbons (Fsp3) is 0.160. The van der Waals surface area contributed by atoms with E-state index in [0.29, 0.717) is 37.0 Å². The van der Waals surface area contributed by atoms with Gasteiger partial charge < -0.3 is 15.4 Å². The average Bonchev–Trinajstić information content (AvgIpc) is 2.83. The Kier molecular flexibility index (Phi) is 9.30. The lowest BCUT2D eigenvalue weighted by atomic mass is 9.82. The van der Waals surface area contributed by atoms with Gasteiger partial charge in [0.15, 0.2) is 0 Å². The van der Waals surface area contributed by atoms with Gasteiger partial charge in [0.1, 0.15) is 6.61 Å². The number of dihydropyridines is 1. The minimum absolute atomic E-state index is 0.00742. The number of benzene rings is 2. The Morgan fingerprint density at radius 2 is 1.94 bits per heavy atom. The summed E-state index contributed by atoms with van der Waals surface area (Å²) in [6.45, 7) is 5.29. The maximum absolute atomic E-state index is 12.9. The van der Waals surface area contributed by atoms with Gasteiger partial charge in [-0.3, -0.25) is 4.79 Å². The summed E-state index contributed by atoms with van der Waals surface area (Å²) in [7, 11) is 0. The van der Waals surface area contributed by atoms with E-state index in [-0.39, 0.29) is 29.4 Å².